The molecular formula is C12H14F2N2OS. The number of hydrogen-bond acceptors (Lipinski definition) is 3. The Morgan fingerprint density at radius 1 is 1.44 bits per heavy atom. The molecule has 0 radical (unpaired) electrons. The first-order valence-corrected chi connectivity index (χ1v) is 6.57. The Labute approximate surface area is 108 Å². The number of carbonyl (C=O) groups is 1. The third-order valence-electron chi connectivity index (χ3n) is 2.77. The van der Waals surface area contributed by atoms with E-state index in [-0.39, 0.29) is 5.91 Å². The Morgan fingerprint density at radius 3 is 2.78 bits per heavy atom. The molecule has 0 spiro atoms. The van der Waals surface area contributed by atoms with Crippen LogP contribution in [-0.2, 0) is 0 Å². The van der Waals surface area contributed by atoms with Crippen LogP contribution in [0.2, 0.25) is 0 Å². The predicted octanol–water partition coefficient (Wildman–Crippen LogP) is 1.95. The van der Waals surface area contributed by atoms with E-state index in [0.717, 1.165) is 13.1 Å². The molecule has 3 nitrogen and oxygen atoms in total. The minimum atomic E-state index is -2.52. The summed E-state index contributed by atoms with van der Waals surface area (Å²) in [6.07, 6.45) is 0. The standard InChI is InChI=1S/C12H14F2N2OS/c13-12(14)18-10-4-2-1-3-9(10)11(17)16-7-8-5-15-6-8/h1-4,8,12,15H,5-7H2,(H,16,17). The van der Waals surface area contributed by atoms with Crippen LogP contribution in [0.3, 0.4) is 0 Å². The van der Waals surface area contributed by atoms with Gasteiger partial charge in [0.1, 0.15) is 0 Å². The predicted molar refractivity (Wildman–Crippen MR) is 67.0 cm³/mol. The summed E-state index contributed by atoms with van der Waals surface area (Å²) in [5, 5.41) is 5.88. The van der Waals surface area contributed by atoms with Gasteiger partial charge in [-0.1, -0.05) is 23.9 Å². The molecule has 2 N–H and O–H groups in total. The Balaban J connectivity index is 1.99. The van der Waals surface area contributed by atoms with E-state index in [2.05, 4.69) is 10.6 Å². The summed E-state index contributed by atoms with van der Waals surface area (Å²) in [5.74, 6) is -2.36. The van der Waals surface area contributed by atoms with Crippen molar-refractivity contribution in [2.75, 3.05) is 19.6 Å². The molecule has 1 aromatic rings. The highest BCUT2D eigenvalue weighted by Gasteiger charge is 2.19. The first-order valence-electron chi connectivity index (χ1n) is 5.69. The number of nitrogens with one attached hydrogen (secondary N) is 2. The molecule has 0 atom stereocenters. The van der Waals surface area contributed by atoms with Crippen LogP contribution >= 0.6 is 11.8 Å². The molecule has 0 aliphatic carbocycles. The van der Waals surface area contributed by atoms with Crippen LogP contribution in [0.1, 0.15) is 10.4 Å². The maximum Gasteiger partial charge on any atom is 0.288 e. The van der Waals surface area contributed by atoms with Crippen molar-refractivity contribution in [2.45, 2.75) is 10.7 Å². The quantitative estimate of drug-likeness (QED) is 0.805. The zero-order valence-corrected chi connectivity index (χ0v) is 10.5. The lowest BCUT2D eigenvalue weighted by Crippen LogP contribution is -2.48. The normalized spacial score (nSPS) is 15.5. The number of halogens is 2. The number of rotatable bonds is 5. The number of alkyl halides is 2. The van der Waals surface area contributed by atoms with Gasteiger partial charge in [0.2, 0.25) is 0 Å². The Hall–Kier alpha value is -1.14. The maximum absolute atomic E-state index is 12.4. The molecule has 0 unspecified atom stereocenters. The fourth-order valence-corrected chi connectivity index (χ4v) is 2.31. The summed E-state index contributed by atoms with van der Waals surface area (Å²) in [6.45, 7) is 2.38. The van der Waals surface area contributed by atoms with Gasteiger partial charge in [0.05, 0.1) is 5.56 Å². The molecule has 18 heavy (non-hydrogen) atoms. The third-order valence-corrected chi connectivity index (χ3v) is 3.55. The molecule has 1 fully saturated rings. The van der Waals surface area contributed by atoms with Crippen LogP contribution in [0.5, 0.6) is 0 Å². The Morgan fingerprint density at radius 2 is 2.17 bits per heavy atom. The van der Waals surface area contributed by atoms with Crippen molar-refractivity contribution < 1.29 is 13.6 Å². The summed E-state index contributed by atoms with van der Waals surface area (Å²) in [6, 6.07) is 6.43. The van der Waals surface area contributed by atoms with E-state index in [9.17, 15) is 13.6 Å². The highest BCUT2D eigenvalue weighted by Crippen LogP contribution is 2.28. The maximum atomic E-state index is 12.4. The average molecular weight is 272 g/mol. The summed E-state index contributed by atoms with van der Waals surface area (Å²) < 4.78 is 24.7. The molecule has 6 heteroatoms. The highest BCUT2D eigenvalue weighted by molar-refractivity contribution is 7.99. The van der Waals surface area contributed by atoms with Crippen molar-refractivity contribution in [1.82, 2.24) is 10.6 Å². The largest absolute Gasteiger partial charge is 0.352 e. The van der Waals surface area contributed by atoms with Crippen LogP contribution in [0.25, 0.3) is 0 Å². The smallest absolute Gasteiger partial charge is 0.288 e. The number of benzene rings is 1. The minimum absolute atomic E-state index is 0.286. The number of amides is 1. The topological polar surface area (TPSA) is 41.1 Å². The zero-order chi connectivity index (χ0) is 13.0. The van der Waals surface area contributed by atoms with E-state index in [1.165, 1.54) is 6.07 Å². The summed E-state index contributed by atoms with van der Waals surface area (Å²) >= 11 is 0.401. The van der Waals surface area contributed by atoms with Crippen LogP contribution in [0.4, 0.5) is 8.78 Å². The summed E-state index contributed by atoms with van der Waals surface area (Å²) in [5.41, 5.74) is 0.315. The molecule has 0 bridgehead atoms. The van der Waals surface area contributed by atoms with E-state index in [1.807, 2.05) is 0 Å². The summed E-state index contributed by atoms with van der Waals surface area (Å²) in [7, 11) is 0. The fourth-order valence-electron chi connectivity index (χ4n) is 1.68. The van der Waals surface area contributed by atoms with Gasteiger partial charge in [-0.05, 0) is 12.1 Å². The molecule has 0 aromatic heterocycles. The fraction of sp³-hybridized carbons (Fsp3) is 0.417. The number of carbonyl (C=O) groups excluding carboxylic acids is 1. The van der Waals surface area contributed by atoms with E-state index in [0.29, 0.717) is 34.7 Å². The SMILES string of the molecule is O=C(NCC1CNC1)c1ccccc1SC(F)F. The Bertz CT molecular complexity index is 424. The highest BCUT2D eigenvalue weighted by atomic mass is 32.2. The zero-order valence-electron chi connectivity index (χ0n) is 9.66. The van der Waals surface area contributed by atoms with Crippen molar-refractivity contribution in [3.05, 3.63) is 29.8 Å². The molecule has 1 aliphatic heterocycles. The average Bonchev–Trinajstić information content (AvgIpc) is 2.26. The van der Waals surface area contributed by atoms with Crippen molar-refractivity contribution in [3.63, 3.8) is 0 Å². The van der Waals surface area contributed by atoms with E-state index < -0.39 is 5.76 Å². The lowest BCUT2D eigenvalue weighted by atomic mass is 10.0. The van der Waals surface area contributed by atoms with E-state index in [1.54, 1.807) is 18.2 Å². The first kappa shape index (κ1) is 13.3. The van der Waals surface area contributed by atoms with Crippen molar-refractivity contribution in [1.29, 1.82) is 0 Å². The number of thioether (sulfide) groups is 1. The van der Waals surface area contributed by atoms with Gasteiger partial charge in [0, 0.05) is 30.4 Å². The molecule has 2 rings (SSSR count). The second kappa shape index (κ2) is 6.15. The lowest BCUT2D eigenvalue weighted by Gasteiger charge is -2.27. The molecule has 1 amide bonds. The lowest BCUT2D eigenvalue weighted by molar-refractivity contribution is 0.0939. The monoisotopic (exact) mass is 272 g/mol. The first-order chi connectivity index (χ1) is 8.66. The van der Waals surface area contributed by atoms with Gasteiger partial charge < -0.3 is 10.6 Å². The second-order valence-corrected chi connectivity index (χ2v) is 5.14. The van der Waals surface area contributed by atoms with Gasteiger partial charge in [0.25, 0.3) is 11.7 Å². The van der Waals surface area contributed by atoms with Gasteiger partial charge in [-0.15, -0.1) is 0 Å². The van der Waals surface area contributed by atoms with Crippen LogP contribution < -0.4 is 10.6 Å². The van der Waals surface area contributed by atoms with Crippen LogP contribution in [0, 0.1) is 5.92 Å². The van der Waals surface area contributed by atoms with Gasteiger partial charge in [-0.3, -0.25) is 4.79 Å². The molecule has 1 saturated heterocycles. The molecular weight excluding hydrogens is 258 g/mol. The Kier molecular flexibility index (Phi) is 4.54. The third kappa shape index (κ3) is 3.43. The summed E-state index contributed by atoms with van der Waals surface area (Å²) in [4.78, 5) is 12.2. The van der Waals surface area contributed by atoms with Crippen LogP contribution in [0.15, 0.2) is 29.2 Å². The number of hydrogen-bond donors (Lipinski definition) is 2. The molecule has 1 heterocycles. The van der Waals surface area contributed by atoms with E-state index in [4.69, 9.17) is 0 Å². The van der Waals surface area contributed by atoms with Crippen molar-refractivity contribution in [3.8, 4) is 0 Å². The molecule has 1 aliphatic rings. The molecule has 1 aromatic carbocycles. The minimum Gasteiger partial charge on any atom is -0.352 e. The molecule has 0 saturated carbocycles. The van der Waals surface area contributed by atoms with Gasteiger partial charge in [-0.2, -0.15) is 8.78 Å². The molecule has 98 valence electrons. The van der Waals surface area contributed by atoms with Crippen molar-refractivity contribution >= 4 is 17.7 Å². The van der Waals surface area contributed by atoms with Gasteiger partial charge in [-0.25, -0.2) is 0 Å². The van der Waals surface area contributed by atoms with E-state index >= 15 is 0 Å². The van der Waals surface area contributed by atoms with Crippen LogP contribution in [-0.4, -0.2) is 31.3 Å². The van der Waals surface area contributed by atoms with Crippen molar-refractivity contribution in [2.24, 2.45) is 5.92 Å². The van der Waals surface area contributed by atoms with Gasteiger partial charge in [0.15, 0.2) is 0 Å². The second-order valence-electron chi connectivity index (χ2n) is 4.11. The van der Waals surface area contributed by atoms with Gasteiger partial charge >= 0.3 is 0 Å².